The van der Waals surface area contributed by atoms with E-state index in [1.54, 1.807) is 19.2 Å². The summed E-state index contributed by atoms with van der Waals surface area (Å²) in [7, 11) is 3.51. The van der Waals surface area contributed by atoms with E-state index in [-0.39, 0.29) is 17.8 Å². The second-order valence-electron chi connectivity index (χ2n) is 5.37. The molecule has 1 atom stereocenters. The van der Waals surface area contributed by atoms with E-state index < -0.39 is 0 Å². The Morgan fingerprint density at radius 1 is 1.32 bits per heavy atom. The number of nitrogens with one attached hydrogen (secondary N) is 3. The van der Waals surface area contributed by atoms with E-state index >= 15 is 0 Å². The van der Waals surface area contributed by atoms with Crippen molar-refractivity contribution < 1.29 is 19.3 Å². The summed E-state index contributed by atoms with van der Waals surface area (Å²) >= 11 is 0. The van der Waals surface area contributed by atoms with Gasteiger partial charge in [0.1, 0.15) is 6.54 Å². The van der Waals surface area contributed by atoms with E-state index in [0.717, 1.165) is 10.5 Å². The van der Waals surface area contributed by atoms with Crippen LogP contribution in [-0.4, -0.2) is 50.1 Å². The number of quaternary nitrogens is 1. The summed E-state index contributed by atoms with van der Waals surface area (Å²) in [5, 5.41) is 5.24. The van der Waals surface area contributed by atoms with Crippen molar-refractivity contribution in [2.75, 3.05) is 27.3 Å². The maximum absolute atomic E-state index is 11.8. The van der Waals surface area contributed by atoms with E-state index in [4.69, 9.17) is 0 Å². The molecule has 1 aromatic carbocycles. The summed E-state index contributed by atoms with van der Waals surface area (Å²) in [6.07, 6.45) is 0.347. The molecule has 1 aromatic rings. The molecule has 22 heavy (non-hydrogen) atoms. The van der Waals surface area contributed by atoms with Crippen LogP contribution in [0, 0.1) is 0 Å². The number of amides is 4. The van der Waals surface area contributed by atoms with Crippen LogP contribution in [-0.2, 0) is 11.3 Å². The summed E-state index contributed by atoms with van der Waals surface area (Å²) in [5.41, 5.74) is 1.64. The summed E-state index contributed by atoms with van der Waals surface area (Å²) in [6, 6.07) is 6.96. The Kier molecular flexibility index (Phi) is 5.11. The lowest BCUT2D eigenvalue weighted by atomic mass is 10.1. The third-order valence-electron chi connectivity index (χ3n) is 3.54. The number of hydrogen-bond donors (Lipinski definition) is 3. The molecule has 1 aliphatic heterocycles. The van der Waals surface area contributed by atoms with Gasteiger partial charge in [0, 0.05) is 31.1 Å². The predicted molar refractivity (Wildman–Crippen MR) is 80.2 cm³/mol. The molecule has 7 nitrogen and oxygen atoms in total. The highest BCUT2D eigenvalue weighted by molar-refractivity contribution is 5.96. The SMILES string of the molecule is CNC(=O)c1ccc(C[NH+](C)CN2C(=O)CCNC2=O)cc1. The first kappa shape index (κ1) is 16.0. The molecule has 1 unspecified atom stereocenters. The lowest BCUT2D eigenvalue weighted by molar-refractivity contribution is -0.901. The fourth-order valence-corrected chi connectivity index (χ4v) is 2.37. The van der Waals surface area contributed by atoms with Crippen molar-refractivity contribution in [1.82, 2.24) is 15.5 Å². The minimum Gasteiger partial charge on any atom is -0.355 e. The Labute approximate surface area is 129 Å². The van der Waals surface area contributed by atoms with Gasteiger partial charge in [0.25, 0.3) is 5.91 Å². The van der Waals surface area contributed by atoms with Crippen LogP contribution in [0.4, 0.5) is 4.79 Å². The Morgan fingerprint density at radius 3 is 2.59 bits per heavy atom. The van der Waals surface area contributed by atoms with Crippen molar-refractivity contribution in [3.05, 3.63) is 35.4 Å². The van der Waals surface area contributed by atoms with Gasteiger partial charge in [0.15, 0.2) is 6.67 Å². The van der Waals surface area contributed by atoms with Gasteiger partial charge < -0.3 is 15.5 Å². The highest BCUT2D eigenvalue weighted by Crippen LogP contribution is 2.03. The van der Waals surface area contributed by atoms with E-state index in [1.807, 2.05) is 19.2 Å². The third-order valence-corrected chi connectivity index (χ3v) is 3.54. The largest absolute Gasteiger partial charge is 0.355 e. The van der Waals surface area contributed by atoms with Crippen LogP contribution in [0.25, 0.3) is 0 Å². The lowest BCUT2D eigenvalue weighted by Crippen LogP contribution is -3.09. The van der Waals surface area contributed by atoms with Crippen molar-refractivity contribution in [2.45, 2.75) is 13.0 Å². The fraction of sp³-hybridized carbons (Fsp3) is 0.400. The van der Waals surface area contributed by atoms with Gasteiger partial charge in [-0.1, -0.05) is 12.1 Å². The van der Waals surface area contributed by atoms with Gasteiger partial charge in [0.2, 0.25) is 5.91 Å². The number of carbonyl (C=O) groups excluding carboxylic acids is 3. The van der Waals surface area contributed by atoms with Crippen LogP contribution in [0.3, 0.4) is 0 Å². The Morgan fingerprint density at radius 2 is 2.00 bits per heavy atom. The highest BCUT2D eigenvalue weighted by atomic mass is 16.2. The third kappa shape index (κ3) is 3.82. The van der Waals surface area contributed by atoms with Crippen LogP contribution in [0.2, 0.25) is 0 Å². The Hall–Kier alpha value is -2.41. The van der Waals surface area contributed by atoms with Gasteiger partial charge in [-0.25, -0.2) is 9.69 Å². The van der Waals surface area contributed by atoms with Crippen LogP contribution in [0.5, 0.6) is 0 Å². The average molecular weight is 305 g/mol. The number of benzene rings is 1. The van der Waals surface area contributed by atoms with Crippen LogP contribution in [0.15, 0.2) is 24.3 Å². The van der Waals surface area contributed by atoms with Crippen molar-refractivity contribution in [1.29, 1.82) is 0 Å². The van der Waals surface area contributed by atoms with Gasteiger partial charge in [-0.3, -0.25) is 9.59 Å². The zero-order valence-corrected chi connectivity index (χ0v) is 12.8. The Balaban J connectivity index is 1.94. The summed E-state index contributed by atoms with van der Waals surface area (Å²) in [6.45, 7) is 1.39. The van der Waals surface area contributed by atoms with Gasteiger partial charge in [0.05, 0.1) is 7.05 Å². The molecular formula is C15H21N4O3+. The van der Waals surface area contributed by atoms with Crippen molar-refractivity contribution in [2.24, 2.45) is 0 Å². The first-order chi connectivity index (χ1) is 10.5. The average Bonchev–Trinajstić information content (AvgIpc) is 2.51. The van der Waals surface area contributed by atoms with Gasteiger partial charge >= 0.3 is 6.03 Å². The molecule has 0 aromatic heterocycles. The van der Waals surface area contributed by atoms with Gasteiger partial charge in [-0.05, 0) is 12.1 Å². The zero-order valence-electron chi connectivity index (χ0n) is 12.8. The molecule has 0 radical (unpaired) electrons. The molecule has 2 rings (SSSR count). The molecule has 0 saturated carbocycles. The number of urea groups is 1. The van der Waals surface area contributed by atoms with Crippen molar-refractivity contribution in [3.8, 4) is 0 Å². The molecule has 118 valence electrons. The predicted octanol–water partition coefficient (Wildman–Crippen LogP) is -1.04. The fourth-order valence-electron chi connectivity index (χ4n) is 2.37. The minimum absolute atomic E-state index is 0.122. The molecule has 1 aliphatic rings. The minimum atomic E-state index is -0.328. The highest BCUT2D eigenvalue weighted by Gasteiger charge is 2.28. The molecule has 0 bridgehead atoms. The quantitative estimate of drug-likeness (QED) is 0.650. The summed E-state index contributed by atoms with van der Waals surface area (Å²) in [5.74, 6) is -0.263. The van der Waals surface area contributed by atoms with Crippen LogP contribution >= 0.6 is 0 Å². The van der Waals surface area contributed by atoms with Gasteiger partial charge in [-0.2, -0.15) is 0 Å². The number of imide groups is 1. The second-order valence-corrected chi connectivity index (χ2v) is 5.37. The first-order valence-corrected chi connectivity index (χ1v) is 7.21. The molecule has 0 spiro atoms. The standard InChI is InChI=1S/C15H20N4O3/c1-16-14(21)12-5-3-11(4-6-12)9-18(2)10-19-13(20)7-8-17-15(19)22/h3-6H,7-10H2,1-2H3,(H,16,21)(H,17,22)/p+1. The molecule has 0 aliphatic carbocycles. The maximum Gasteiger partial charge on any atom is 0.328 e. The molecule has 1 heterocycles. The van der Waals surface area contributed by atoms with E-state index in [9.17, 15) is 14.4 Å². The smallest absolute Gasteiger partial charge is 0.328 e. The van der Waals surface area contributed by atoms with Crippen molar-refractivity contribution in [3.63, 3.8) is 0 Å². The monoisotopic (exact) mass is 305 g/mol. The number of nitrogens with zero attached hydrogens (tertiary/aromatic N) is 1. The summed E-state index contributed by atoms with van der Waals surface area (Å²) < 4.78 is 0. The van der Waals surface area contributed by atoms with Gasteiger partial charge in [-0.15, -0.1) is 0 Å². The normalized spacial score (nSPS) is 16.2. The number of rotatable bonds is 5. The van der Waals surface area contributed by atoms with E-state index in [2.05, 4.69) is 10.6 Å². The first-order valence-electron chi connectivity index (χ1n) is 7.21. The van der Waals surface area contributed by atoms with Crippen LogP contribution < -0.4 is 15.5 Å². The molecule has 1 fully saturated rings. The maximum atomic E-state index is 11.8. The van der Waals surface area contributed by atoms with Crippen LogP contribution in [0.1, 0.15) is 22.3 Å². The Bertz CT molecular complexity index is 555. The molecule has 7 heteroatoms. The van der Waals surface area contributed by atoms with E-state index in [1.165, 1.54) is 4.90 Å². The topological polar surface area (TPSA) is 82.9 Å². The van der Waals surface area contributed by atoms with Crippen molar-refractivity contribution >= 4 is 17.8 Å². The second kappa shape index (κ2) is 7.04. The van der Waals surface area contributed by atoms with E-state index in [0.29, 0.717) is 31.7 Å². The molecule has 3 N–H and O–H groups in total. The number of hydrogen-bond acceptors (Lipinski definition) is 3. The lowest BCUT2D eigenvalue weighted by Gasteiger charge is -2.27. The molecule has 1 saturated heterocycles. The molecule has 4 amide bonds. The zero-order chi connectivity index (χ0) is 16.1. The molecular weight excluding hydrogens is 284 g/mol. The summed E-state index contributed by atoms with van der Waals surface area (Å²) in [4.78, 5) is 37.2. The number of carbonyl (C=O) groups is 3.